The Morgan fingerprint density at radius 3 is 2.00 bits per heavy atom. The molecule has 0 aromatic heterocycles. The molecule has 0 spiro atoms. The number of Topliss-reactive ketones (excluding diaryl/α,β-unsaturated/α-hetero) is 1. The molecular formula is C10H19F2NO. The van der Waals surface area contributed by atoms with Crippen LogP contribution in [-0.2, 0) is 4.79 Å². The van der Waals surface area contributed by atoms with Crippen LogP contribution in [0.4, 0.5) is 8.78 Å². The van der Waals surface area contributed by atoms with Crippen LogP contribution in [0.3, 0.4) is 0 Å². The molecule has 4 heteroatoms. The summed E-state index contributed by atoms with van der Waals surface area (Å²) in [4.78, 5) is 12.1. The molecule has 0 rings (SSSR count). The maximum absolute atomic E-state index is 13.3. The normalized spacial score (nSPS) is 13.0. The summed E-state index contributed by atoms with van der Waals surface area (Å²) in [6.07, 6.45) is 0. The van der Waals surface area contributed by atoms with Crippen LogP contribution >= 0.6 is 0 Å². The van der Waals surface area contributed by atoms with Gasteiger partial charge in [-0.15, -0.1) is 0 Å². The summed E-state index contributed by atoms with van der Waals surface area (Å²) in [5.41, 5.74) is 0. The number of alkyl halides is 2. The van der Waals surface area contributed by atoms with Gasteiger partial charge in [-0.25, -0.2) is 4.90 Å². The highest BCUT2D eigenvalue weighted by Gasteiger charge is 2.38. The molecule has 0 heterocycles. The Kier molecular flexibility index (Phi) is 4.65. The molecule has 0 bridgehead atoms. The van der Waals surface area contributed by atoms with Crippen molar-refractivity contribution in [1.82, 2.24) is 4.90 Å². The minimum Gasteiger partial charge on any atom is -0.298 e. The molecule has 0 fully saturated rings. The van der Waals surface area contributed by atoms with Gasteiger partial charge in [-0.2, -0.15) is 8.78 Å². The molecule has 0 atom stereocenters. The Bertz CT molecular complexity index is 202. The topological polar surface area (TPSA) is 20.3 Å². The van der Waals surface area contributed by atoms with Crippen molar-refractivity contribution in [3.63, 3.8) is 0 Å². The van der Waals surface area contributed by atoms with Crippen molar-refractivity contribution in [2.45, 2.75) is 33.7 Å². The molecule has 14 heavy (non-hydrogen) atoms. The zero-order chi connectivity index (χ0) is 11.5. The number of ketones is 1. The number of likely N-dealkylation sites (N-methyl/N-ethyl adjacent to an activating group) is 1. The molecule has 0 aliphatic carbocycles. The molecular weight excluding hydrogens is 188 g/mol. The van der Waals surface area contributed by atoms with Gasteiger partial charge in [0.15, 0.2) is 0 Å². The lowest BCUT2D eigenvalue weighted by molar-refractivity contribution is -0.172. The number of nitrogens with zero attached hydrogens (tertiary/aromatic N) is 1. The lowest BCUT2D eigenvalue weighted by atomic mass is 10.1. The second-order valence-corrected chi connectivity index (χ2v) is 4.22. The SMILES string of the molecule is CC(C)C(=O)CN(C)C(F)(F)C(C)C. The first-order chi connectivity index (χ1) is 6.19. The van der Waals surface area contributed by atoms with Crippen LogP contribution in [0.5, 0.6) is 0 Å². The van der Waals surface area contributed by atoms with E-state index in [0.717, 1.165) is 4.90 Å². The Morgan fingerprint density at radius 2 is 1.71 bits per heavy atom. The monoisotopic (exact) mass is 207 g/mol. The first-order valence-corrected chi connectivity index (χ1v) is 4.81. The highest BCUT2D eigenvalue weighted by atomic mass is 19.3. The number of hydrogen-bond donors (Lipinski definition) is 0. The molecule has 0 amide bonds. The molecule has 0 aliphatic heterocycles. The minimum atomic E-state index is -2.91. The van der Waals surface area contributed by atoms with Gasteiger partial charge < -0.3 is 0 Å². The Balaban J connectivity index is 4.34. The van der Waals surface area contributed by atoms with Crippen molar-refractivity contribution >= 4 is 5.78 Å². The third-order valence-corrected chi connectivity index (χ3v) is 2.24. The molecule has 2 nitrogen and oxygen atoms in total. The minimum absolute atomic E-state index is 0.159. The van der Waals surface area contributed by atoms with E-state index in [1.54, 1.807) is 13.8 Å². The van der Waals surface area contributed by atoms with Crippen molar-refractivity contribution < 1.29 is 13.6 Å². The molecule has 0 N–H and O–H groups in total. The van der Waals surface area contributed by atoms with Crippen LogP contribution in [0.15, 0.2) is 0 Å². The van der Waals surface area contributed by atoms with Gasteiger partial charge in [0.2, 0.25) is 0 Å². The summed E-state index contributed by atoms with van der Waals surface area (Å²) in [5, 5.41) is 0. The van der Waals surface area contributed by atoms with Crippen LogP contribution in [0.1, 0.15) is 27.7 Å². The van der Waals surface area contributed by atoms with Gasteiger partial charge in [-0.05, 0) is 7.05 Å². The first kappa shape index (κ1) is 13.5. The number of carbonyl (C=O) groups is 1. The number of hydrogen-bond acceptors (Lipinski definition) is 2. The highest BCUT2D eigenvalue weighted by Crippen LogP contribution is 2.27. The number of carbonyl (C=O) groups excluding carboxylic acids is 1. The Morgan fingerprint density at radius 1 is 1.29 bits per heavy atom. The molecule has 0 saturated carbocycles. The van der Waals surface area contributed by atoms with E-state index in [1.807, 2.05) is 0 Å². The van der Waals surface area contributed by atoms with E-state index in [1.165, 1.54) is 20.9 Å². The molecule has 0 saturated heterocycles. The fourth-order valence-electron chi connectivity index (χ4n) is 0.963. The lowest BCUT2D eigenvalue weighted by Crippen LogP contribution is -2.46. The lowest BCUT2D eigenvalue weighted by Gasteiger charge is -2.30. The summed E-state index contributed by atoms with van der Waals surface area (Å²) >= 11 is 0. The third-order valence-electron chi connectivity index (χ3n) is 2.24. The van der Waals surface area contributed by atoms with E-state index in [4.69, 9.17) is 0 Å². The van der Waals surface area contributed by atoms with Crippen LogP contribution < -0.4 is 0 Å². The van der Waals surface area contributed by atoms with Crippen LogP contribution in [0, 0.1) is 11.8 Å². The van der Waals surface area contributed by atoms with Crippen molar-refractivity contribution in [3.8, 4) is 0 Å². The van der Waals surface area contributed by atoms with Gasteiger partial charge in [-0.3, -0.25) is 4.79 Å². The Labute approximate surface area is 84.3 Å². The molecule has 0 aromatic rings. The first-order valence-electron chi connectivity index (χ1n) is 4.81. The van der Waals surface area contributed by atoms with Crippen molar-refractivity contribution in [2.24, 2.45) is 11.8 Å². The molecule has 84 valence electrons. The predicted molar refractivity (Wildman–Crippen MR) is 52.3 cm³/mol. The standard InChI is InChI=1S/C10H19F2NO/c1-7(2)9(14)6-13(5)10(11,12)8(3)4/h7-8H,6H2,1-5H3. The largest absolute Gasteiger partial charge is 0.307 e. The van der Waals surface area contributed by atoms with E-state index < -0.39 is 12.0 Å². The van der Waals surface area contributed by atoms with E-state index in [0.29, 0.717) is 0 Å². The molecule has 0 unspecified atom stereocenters. The predicted octanol–water partition coefficient (Wildman–Crippen LogP) is 2.39. The number of halogens is 2. The summed E-state index contributed by atoms with van der Waals surface area (Å²) < 4.78 is 26.7. The van der Waals surface area contributed by atoms with Gasteiger partial charge in [0.25, 0.3) is 0 Å². The second-order valence-electron chi connectivity index (χ2n) is 4.22. The van der Waals surface area contributed by atoms with Crippen molar-refractivity contribution in [1.29, 1.82) is 0 Å². The quantitative estimate of drug-likeness (QED) is 0.645. The van der Waals surface area contributed by atoms with Crippen LogP contribution in [0.25, 0.3) is 0 Å². The zero-order valence-corrected chi connectivity index (χ0v) is 9.47. The van der Waals surface area contributed by atoms with E-state index in [-0.39, 0.29) is 18.2 Å². The maximum atomic E-state index is 13.3. The average molecular weight is 207 g/mol. The van der Waals surface area contributed by atoms with Gasteiger partial charge in [0, 0.05) is 11.8 Å². The third kappa shape index (κ3) is 3.33. The summed E-state index contributed by atoms with van der Waals surface area (Å²) in [6.45, 7) is 6.11. The smallest absolute Gasteiger partial charge is 0.298 e. The number of rotatable bonds is 5. The summed E-state index contributed by atoms with van der Waals surface area (Å²) in [5.74, 6) is -1.14. The van der Waals surface area contributed by atoms with E-state index in [9.17, 15) is 13.6 Å². The van der Waals surface area contributed by atoms with E-state index >= 15 is 0 Å². The fourth-order valence-corrected chi connectivity index (χ4v) is 0.963. The van der Waals surface area contributed by atoms with Gasteiger partial charge in [0.1, 0.15) is 5.78 Å². The molecule has 0 radical (unpaired) electrons. The average Bonchev–Trinajstić information content (AvgIpc) is 2.03. The van der Waals surface area contributed by atoms with Crippen molar-refractivity contribution in [2.75, 3.05) is 13.6 Å². The summed E-state index contributed by atoms with van der Waals surface area (Å²) in [6, 6.07) is -2.91. The second kappa shape index (κ2) is 4.82. The molecule has 0 aromatic carbocycles. The zero-order valence-electron chi connectivity index (χ0n) is 9.47. The molecule has 0 aliphatic rings. The van der Waals surface area contributed by atoms with Gasteiger partial charge in [0.05, 0.1) is 6.54 Å². The summed E-state index contributed by atoms with van der Waals surface area (Å²) in [7, 11) is 1.28. The van der Waals surface area contributed by atoms with Gasteiger partial charge >= 0.3 is 6.05 Å². The van der Waals surface area contributed by atoms with Crippen molar-refractivity contribution in [3.05, 3.63) is 0 Å². The van der Waals surface area contributed by atoms with Crippen LogP contribution in [-0.4, -0.2) is 30.3 Å². The van der Waals surface area contributed by atoms with Gasteiger partial charge in [-0.1, -0.05) is 27.7 Å². The van der Waals surface area contributed by atoms with Crippen LogP contribution in [0.2, 0.25) is 0 Å². The maximum Gasteiger partial charge on any atom is 0.307 e. The van der Waals surface area contributed by atoms with E-state index in [2.05, 4.69) is 0 Å². The fraction of sp³-hybridized carbons (Fsp3) is 0.900. The highest BCUT2D eigenvalue weighted by molar-refractivity contribution is 5.82. The Hall–Kier alpha value is -0.510.